The van der Waals surface area contributed by atoms with E-state index in [9.17, 15) is 18.0 Å². The number of amidine groups is 1. The number of carbonyl (C=O) groups excluding carboxylic acids is 1. The van der Waals surface area contributed by atoms with Crippen LogP contribution in [0.4, 0.5) is 5.69 Å². The number of hydrogen-bond donors (Lipinski definition) is 1. The highest BCUT2D eigenvalue weighted by Crippen LogP contribution is 2.20. The summed E-state index contributed by atoms with van der Waals surface area (Å²) in [6.45, 7) is 1.94. The first-order valence-corrected chi connectivity index (χ1v) is 10.5. The number of amides is 1. The molecule has 0 spiro atoms. The van der Waals surface area contributed by atoms with Crippen LogP contribution in [-0.2, 0) is 21.9 Å². The zero-order valence-electron chi connectivity index (χ0n) is 15.9. The van der Waals surface area contributed by atoms with Gasteiger partial charge in [-0.1, -0.05) is 18.2 Å². The van der Waals surface area contributed by atoms with E-state index in [1.54, 1.807) is 48.0 Å². The molecule has 29 heavy (non-hydrogen) atoms. The molecule has 2 aliphatic rings. The van der Waals surface area contributed by atoms with Crippen LogP contribution in [0.25, 0.3) is 5.69 Å². The molecule has 4 rings (SSSR count). The Morgan fingerprint density at radius 1 is 1.21 bits per heavy atom. The summed E-state index contributed by atoms with van der Waals surface area (Å²) in [7, 11) is -1.90. The van der Waals surface area contributed by atoms with E-state index in [1.165, 1.54) is 10.8 Å². The Morgan fingerprint density at radius 3 is 2.66 bits per heavy atom. The van der Waals surface area contributed by atoms with Crippen LogP contribution in [-0.4, -0.2) is 46.7 Å². The monoisotopic (exact) mass is 413 g/mol. The molecule has 10 heteroatoms. The standard InChI is InChI=1S/C19H19N5O4S/c1-13-16(19(26)24(22(13)2)14-7-4-3-5-8-14)20-18(25)15-9-6-10-23-11-12-29(27,28)21-17(15)23/h3-10H,11-12H2,1-2H3,(H,20,25). The van der Waals surface area contributed by atoms with Crippen molar-refractivity contribution in [2.24, 2.45) is 11.4 Å². The molecule has 9 nitrogen and oxygen atoms in total. The summed E-state index contributed by atoms with van der Waals surface area (Å²) in [6, 6.07) is 9.07. The first-order valence-electron chi connectivity index (χ1n) is 8.92. The first kappa shape index (κ1) is 18.9. The Kier molecular flexibility index (Phi) is 4.50. The molecular formula is C19H19N5O4S. The van der Waals surface area contributed by atoms with Crippen LogP contribution < -0.4 is 10.9 Å². The van der Waals surface area contributed by atoms with Gasteiger partial charge in [0.15, 0.2) is 5.84 Å². The zero-order valence-corrected chi connectivity index (χ0v) is 16.7. The summed E-state index contributed by atoms with van der Waals surface area (Å²) in [6.07, 6.45) is 4.80. The topological polar surface area (TPSA) is 106 Å². The number of nitrogens with zero attached hydrogens (tertiary/aromatic N) is 4. The molecule has 1 aromatic carbocycles. The van der Waals surface area contributed by atoms with E-state index in [-0.39, 0.29) is 35.0 Å². The van der Waals surface area contributed by atoms with E-state index in [2.05, 4.69) is 9.71 Å². The van der Waals surface area contributed by atoms with Gasteiger partial charge in [-0.3, -0.25) is 14.3 Å². The minimum atomic E-state index is -3.63. The van der Waals surface area contributed by atoms with E-state index in [1.807, 2.05) is 18.2 Å². The largest absolute Gasteiger partial charge is 0.331 e. The van der Waals surface area contributed by atoms with Gasteiger partial charge in [0.1, 0.15) is 5.69 Å². The van der Waals surface area contributed by atoms with Crippen molar-refractivity contribution >= 4 is 27.5 Å². The lowest BCUT2D eigenvalue weighted by Gasteiger charge is -2.28. The molecule has 0 aliphatic carbocycles. The first-order chi connectivity index (χ1) is 13.8. The Balaban J connectivity index is 1.71. The molecule has 1 amide bonds. The minimum absolute atomic E-state index is 0.0632. The lowest BCUT2D eigenvalue weighted by molar-refractivity contribution is -0.112. The summed E-state index contributed by atoms with van der Waals surface area (Å²) >= 11 is 0. The van der Waals surface area contributed by atoms with Crippen molar-refractivity contribution < 1.29 is 13.2 Å². The van der Waals surface area contributed by atoms with Crippen molar-refractivity contribution in [3.63, 3.8) is 0 Å². The summed E-state index contributed by atoms with van der Waals surface area (Å²) in [5.41, 5.74) is 1.06. The molecule has 1 aromatic heterocycles. The molecule has 0 radical (unpaired) electrons. The molecule has 0 atom stereocenters. The molecule has 150 valence electrons. The van der Waals surface area contributed by atoms with Gasteiger partial charge in [-0.05, 0) is 31.2 Å². The van der Waals surface area contributed by atoms with Gasteiger partial charge < -0.3 is 10.2 Å². The summed E-state index contributed by atoms with van der Waals surface area (Å²) in [5, 5.41) is 2.64. The maximum Gasteiger partial charge on any atom is 0.295 e. The normalized spacial score (nSPS) is 17.4. The van der Waals surface area contributed by atoms with Gasteiger partial charge >= 0.3 is 0 Å². The average molecular weight is 413 g/mol. The molecule has 0 unspecified atom stereocenters. The number of carbonyl (C=O) groups is 1. The van der Waals surface area contributed by atoms with E-state index in [0.29, 0.717) is 11.4 Å². The van der Waals surface area contributed by atoms with Gasteiger partial charge in [0.05, 0.1) is 22.7 Å². The van der Waals surface area contributed by atoms with E-state index in [4.69, 9.17) is 0 Å². The maximum atomic E-state index is 13.0. The number of allylic oxidation sites excluding steroid dienone is 2. The molecule has 2 aliphatic heterocycles. The number of anilines is 1. The number of benzene rings is 1. The minimum Gasteiger partial charge on any atom is -0.331 e. The van der Waals surface area contributed by atoms with Crippen molar-refractivity contribution in [2.45, 2.75) is 6.92 Å². The molecule has 0 saturated heterocycles. The van der Waals surface area contributed by atoms with Gasteiger partial charge in [-0.2, -0.15) is 0 Å². The second-order valence-electron chi connectivity index (χ2n) is 6.71. The lowest BCUT2D eigenvalue weighted by atomic mass is 10.1. The number of nitrogens with one attached hydrogen (secondary N) is 1. The molecule has 1 N–H and O–H groups in total. The smallest absolute Gasteiger partial charge is 0.295 e. The van der Waals surface area contributed by atoms with Crippen LogP contribution in [0, 0.1) is 6.92 Å². The van der Waals surface area contributed by atoms with Gasteiger partial charge in [0, 0.05) is 19.8 Å². The SMILES string of the molecule is Cc1c(NC(=O)C2=CC=CN3CCS(=O)(=O)N=C23)c(=O)n(-c2ccccc2)n1C. The lowest BCUT2D eigenvalue weighted by Crippen LogP contribution is -2.41. The van der Waals surface area contributed by atoms with Gasteiger partial charge in [0.25, 0.3) is 21.5 Å². The van der Waals surface area contributed by atoms with Crippen LogP contribution in [0.1, 0.15) is 5.69 Å². The highest BCUT2D eigenvalue weighted by atomic mass is 32.2. The molecule has 0 bridgehead atoms. The van der Waals surface area contributed by atoms with Crippen LogP contribution in [0.5, 0.6) is 0 Å². The summed E-state index contributed by atoms with van der Waals surface area (Å²) < 4.78 is 30.6. The zero-order chi connectivity index (χ0) is 20.8. The third-order valence-electron chi connectivity index (χ3n) is 4.89. The fraction of sp³-hybridized carbons (Fsp3) is 0.211. The van der Waals surface area contributed by atoms with Crippen LogP contribution in [0.3, 0.4) is 0 Å². The third kappa shape index (κ3) is 3.31. The van der Waals surface area contributed by atoms with Crippen molar-refractivity contribution in [1.82, 2.24) is 14.3 Å². The van der Waals surface area contributed by atoms with Crippen molar-refractivity contribution in [3.8, 4) is 5.69 Å². The number of fused-ring (bicyclic) bond motifs is 1. The second-order valence-corrected chi connectivity index (χ2v) is 8.46. The number of rotatable bonds is 3. The molecule has 2 aromatic rings. The highest BCUT2D eigenvalue weighted by Gasteiger charge is 2.31. The van der Waals surface area contributed by atoms with E-state index in [0.717, 1.165) is 0 Å². The van der Waals surface area contributed by atoms with Gasteiger partial charge in [-0.25, -0.2) is 13.1 Å². The maximum absolute atomic E-state index is 13.0. The van der Waals surface area contributed by atoms with Gasteiger partial charge in [0.2, 0.25) is 0 Å². The summed E-state index contributed by atoms with van der Waals surface area (Å²) in [5.74, 6) is -0.649. The predicted octanol–water partition coefficient (Wildman–Crippen LogP) is 0.921. The predicted molar refractivity (Wildman–Crippen MR) is 110 cm³/mol. The summed E-state index contributed by atoms with van der Waals surface area (Å²) in [4.78, 5) is 27.5. The van der Waals surface area contributed by atoms with E-state index < -0.39 is 15.9 Å². The fourth-order valence-electron chi connectivity index (χ4n) is 3.29. The van der Waals surface area contributed by atoms with Crippen molar-refractivity contribution in [3.05, 3.63) is 70.3 Å². The fourth-order valence-corrected chi connectivity index (χ4v) is 4.27. The Labute approximate surface area is 167 Å². The number of para-hydroxylation sites is 1. The van der Waals surface area contributed by atoms with Gasteiger partial charge in [-0.15, -0.1) is 4.40 Å². The van der Waals surface area contributed by atoms with E-state index >= 15 is 0 Å². The quantitative estimate of drug-likeness (QED) is 0.806. The number of hydrogen-bond acceptors (Lipinski definition) is 5. The second kappa shape index (κ2) is 6.89. The van der Waals surface area contributed by atoms with Crippen molar-refractivity contribution in [1.29, 1.82) is 0 Å². The Morgan fingerprint density at radius 2 is 1.93 bits per heavy atom. The van der Waals surface area contributed by atoms with Crippen LogP contribution in [0.15, 0.2) is 63.4 Å². The number of sulfonamides is 1. The average Bonchev–Trinajstić information content (AvgIpc) is 2.90. The Bertz CT molecular complexity index is 1250. The highest BCUT2D eigenvalue weighted by molar-refractivity contribution is 7.90. The number of aromatic nitrogens is 2. The van der Waals surface area contributed by atoms with Crippen LogP contribution >= 0.6 is 0 Å². The molecular weight excluding hydrogens is 394 g/mol. The third-order valence-corrected chi connectivity index (χ3v) is 6.04. The Hall–Kier alpha value is -3.40. The van der Waals surface area contributed by atoms with Crippen molar-refractivity contribution in [2.75, 3.05) is 17.6 Å². The molecule has 0 fully saturated rings. The molecule has 3 heterocycles. The van der Waals surface area contributed by atoms with Crippen LogP contribution in [0.2, 0.25) is 0 Å². The molecule has 0 saturated carbocycles.